The van der Waals surface area contributed by atoms with Gasteiger partial charge >= 0.3 is 0 Å². The van der Waals surface area contributed by atoms with Gasteiger partial charge in [-0.25, -0.2) is 4.99 Å². The van der Waals surface area contributed by atoms with Gasteiger partial charge in [0.25, 0.3) is 5.69 Å². The second kappa shape index (κ2) is 6.58. The first-order valence-electron chi connectivity index (χ1n) is 5.76. The largest absolute Gasteiger partial charge is 0.370 e. The molecule has 0 bridgehead atoms. The molecule has 6 nitrogen and oxygen atoms in total. The molecule has 0 amide bonds. The second-order valence-corrected chi connectivity index (χ2v) is 4.40. The Morgan fingerprint density at radius 3 is 2.89 bits per heavy atom. The molecule has 0 aliphatic carbocycles. The maximum atomic E-state index is 10.6. The smallest absolute Gasteiger partial charge is 0.269 e. The van der Waals surface area contributed by atoms with Crippen molar-refractivity contribution < 1.29 is 4.92 Å². The molecular weight excluding hydrogens is 232 g/mol. The molecule has 0 heterocycles. The van der Waals surface area contributed by atoms with Crippen molar-refractivity contribution in [2.24, 2.45) is 16.6 Å². The molecule has 0 aromatic heterocycles. The van der Waals surface area contributed by atoms with Gasteiger partial charge in [-0.05, 0) is 11.5 Å². The topological polar surface area (TPSA) is 93.5 Å². The molecule has 0 atom stereocenters. The summed E-state index contributed by atoms with van der Waals surface area (Å²) in [6.45, 7) is 5.23. The fraction of sp³-hybridized carbons (Fsp3) is 0.417. The Balaban J connectivity index is 2.59. The highest BCUT2D eigenvalue weighted by Crippen LogP contribution is 2.13. The number of hydrogen-bond acceptors (Lipinski definition) is 3. The summed E-state index contributed by atoms with van der Waals surface area (Å²) in [5.41, 5.74) is 6.50. The zero-order valence-corrected chi connectivity index (χ0v) is 10.6. The van der Waals surface area contributed by atoms with E-state index in [1.165, 1.54) is 12.1 Å². The molecule has 1 aromatic carbocycles. The lowest BCUT2D eigenvalue weighted by Crippen LogP contribution is -2.34. The number of rotatable bonds is 5. The Labute approximate surface area is 106 Å². The Morgan fingerprint density at radius 2 is 2.28 bits per heavy atom. The molecule has 0 saturated carbocycles. The van der Waals surface area contributed by atoms with Gasteiger partial charge in [0.15, 0.2) is 5.96 Å². The molecule has 3 N–H and O–H groups in total. The summed E-state index contributed by atoms with van der Waals surface area (Å²) in [4.78, 5) is 14.3. The minimum atomic E-state index is -0.423. The number of nitrogens with two attached hydrogens (primary N) is 1. The van der Waals surface area contributed by atoms with Crippen molar-refractivity contribution in [1.29, 1.82) is 0 Å². The van der Waals surface area contributed by atoms with Crippen molar-refractivity contribution in [3.05, 3.63) is 39.9 Å². The maximum absolute atomic E-state index is 10.6. The van der Waals surface area contributed by atoms with Gasteiger partial charge in [0.05, 0.1) is 11.5 Å². The van der Waals surface area contributed by atoms with E-state index in [2.05, 4.69) is 24.2 Å². The summed E-state index contributed by atoms with van der Waals surface area (Å²) >= 11 is 0. The number of nitrogens with zero attached hydrogens (tertiary/aromatic N) is 2. The SMILES string of the molecule is CC(C)CNC(N)=NCc1cccc([N+](=O)[O-])c1. The molecule has 0 fully saturated rings. The van der Waals surface area contributed by atoms with Gasteiger partial charge in [-0.1, -0.05) is 26.0 Å². The molecule has 98 valence electrons. The van der Waals surface area contributed by atoms with Crippen LogP contribution < -0.4 is 11.1 Å². The van der Waals surface area contributed by atoms with Crippen LogP contribution in [0.2, 0.25) is 0 Å². The predicted octanol–water partition coefficient (Wildman–Crippen LogP) is 1.66. The van der Waals surface area contributed by atoms with Crippen molar-refractivity contribution in [3.8, 4) is 0 Å². The van der Waals surface area contributed by atoms with Crippen molar-refractivity contribution in [3.63, 3.8) is 0 Å². The first-order chi connectivity index (χ1) is 8.49. The van der Waals surface area contributed by atoms with E-state index in [0.29, 0.717) is 18.4 Å². The summed E-state index contributed by atoms with van der Waals surface area (Å²) < 4.78 is 0. The standard InChI is InChI=1S/C12H18N4O2/c1-9(2)7-14-12(13)15-8-10-4-3-5-11(6-10)16(17)18/h3-6,9H,7-8H2,1-2H3,(H3,13,14,15). The number of guanidine groups is 1. The van der Waals surface area contributed by atoms with E-state index in [1.54, 1.807) is 12.1 Å². The summed E-state index contributed by atoms with van der Waals surface area (Å²) in [6, 6.07) is 6.37. The third-order valence-corrected chi connectivity index (χ3v) is 2.24. The molecule has 0 unspecified atom stereocenters. The molecule has 1 aromatic rings. The predicted molar refractivity (Wildman–Crippen MR) is 71.3 cm³/mol. The molecule has 6 heteroatoms. The summed E-state index contributed by atoms with van der Waals surface area (Å²) in [6.07, 6.45) is 0. The molecule has 0 saturated heterocycles. The third kappa shape index (κ3) is 4.82. The lowest BCUT2D eigenvalue weighted by Gasteiger charge is -2.07. The first-order valence-corrected chi connectivity index (χ1v) is 5.76. The molecular formula is C12H18N4O2. The Hall–Kier alpha value is -2.11. The van der Waals surface area contributed by atoms with Crippen LogP contribution in [0.5, 0.6) is 0 Å². The van der Waals surface area contributed by atoms with E-state index < -0.39 is 4.92 Å². The zero-order chi connectivity index (χ0) is 13.5. The normalized spacial score (nSPS) is 11.6. The third-order valence-electron chi connectivity index (χ3n) is 2.24. The number of benzene rings is 1. The minimum Gasteiger partial charge on any atom is -0.370 e. The fourth-order valence-electron chi connectivity index (χ4n) is 1.31. The van der Waals surface area contributed by atoms with Crippen molar-refractivity contribution in [2.45, 2.75) is 20.4 Å². The van der Waals surface area contributed by atoms with E-state index >= 15 is 0 Å². The Morgan fingerprint density at radius 1 is 1.56 bits per heavy atom. The number of non-ortho nitro benzene ring substituents is 1. The van der Waals surface area contributed by atoms with Crippen molar-refractivity contribution in [2.75, 3.05) is 6.54 Å². The Bertz CT molecular complexity index is 443. The van der Waals surface area contributed by atoms with Crippen LogP contribution in [0.4, 0.5) is 5.69 Å². The number of nitrogens with one attached hydrogen (secondary N) is 1. The minimum absolute atomic E-state index is 0.0661. The average molecular weight is 250 g/mol. The van der Waals surface area contributed by atoms with Gasteiger partial charge in [0.2, 0.25) is 0 Å². The van der Waals surface area contributed by atoms with Gasteiger partial charge in [-0.3, -0.25) is 10.1 Å². The Kier molecular flexibility index (Phi) is 5.10. The first kappa shape index (κ1) is 14.0. The summed E-state index contributed by atoms with van der Waals surface area (Å²) in [5.74, 6) is 0.840. The molecule has 1 rings (SSSR count). The molecule has 0 aliphatic heterocycles. The van der Waals surface area contributed by atoms with Crippen LogP contribution in [0.25, 0.3) is 0 Å². The number of aliphatic imine (C=N–C) groups is 1. The second-order valence-electron chi connectivity index (χ2n) is 4.40. The maximum Gasteiger partial charge on any atom is 0.269 e. The number of nitro benzene ring substituents is 1. The zero-order valence-electron chi connectivity index (χ0n) is 10.6. The highest BCUT2D eigenvalue weighted by atomic mass is 16.6. The monoisotopic (exact) mass is 250 g/mol. The van der Waals surface area contributed by atoms with E-state index in [4.69, 9.17) is 5.73 Å². The van der Waals surface area contributed by atoms with E-state index in [0.717, 1.165) is 12.1 Å². The average Bonchev–Trinajstić information content (AvgIpc) is 2.34. The molecule has 0 spiro atoms. The molecule has 0 radical (unpaired) electrons. The number of hydrogen-bond donors (Lipinski definition) is 2. The van der Waals surface area contributed by atoms with Gasteiger partial charge in [-0.2, -0.15) is 0 Å². The van der Waals surface area contributed by atoms with E-state index in [-0.39, 0.29) is 5.69 Å². The van der Waals surface area contributed by atoms with Crippen LogP contribution in [-0.4, -0.2) is 17.4 Å². The van der Waals surface area contributed by atoms with Crippen LogP contribution in [0, 0.1) is 16.0 Å². The highest BCUT2D eigenvalue weighted by molar-refractivity contribution is 5.77. The molecule has 0 aliphatic rings. The van der Waals surface area contributed by atoms with Gasteiger partial charge in [0.1, 0.15) is 0 Å². The van der Waals surface area contributed by atoms with Crippen LogP contribution in [0.1, 0.15) is 19.4 Å². The van der Waals surface area contributed by atoms with Gasteiger partial charge in [0, 0.05) is 18.7 Å². The van der Waals surface area contributed by atoms with E-state index in [1.807, 2.05) is 0 Å². The molecule has 18 heavy (non-hydrogen) atoms. The van der Waals surface area contributed by atoms with Crippen LogP contribution in [-0.2, 0) is 6.54 Å². The van der Waals surface area contributed by atoms with Gasteiger partial charge < -0.3 is 11.1 Å². The summed E-state index contributed by atoms with van der Waals surface area (Å²) in [5, 5.41) is 13.6. The lowest BCUT2D eigenvalue weighted by atomic mass is 10.2. The highest BCUT2D eigenvalue weighted by Gasteiger charge is 2.05. The fourth-order valence-corrected chi connectivity index (χ4v) is 1.31. The van der Waals surface area contributed by atoms with Crippen LogP contribution >= 0.6 is 0 Å². The van der Waals surface area contributed by atoms with Crippen molar-refractivity contribution in [1.82, 2.24) is 5.32 Å². The van der Waals surface area contributed by atoms with E-state index in [9.17, 15) is 10.1 Å². The quantitative estimate of drug-likeness (QED) is 0.359. The van der Waals surface area contributed by atoms with Gasteiger partial charge in [-0.15, -0.1) is 0 Å². The lowest BCUT2D eigenvalue weighted by molar-refractivity contribution is -0.384. The van der Waals surface area contributed by atoms with Crippen molar-refractivity contribution >= 4 is 11.6 Å². The number of nitro groups is 1. The van der Waals surface area contributed by atoms with Crippen LogP contribution in [0.15, 0.2) is 29.3 Å². The van der Waals surface area contributed by atoms with Crippen LogP contribution in [0.3, 0.4) is 0 Å². The summed E-state index contributed by atoms with van der Waals surface area (Å²) in [7, 11) is 0.